The Morgan fingerprint density at radius 3 is 2.60 bits per heavy atom. The number of hydrogen-bond acceptors (Lipinski definition) is 3. The number of anilines is 1. The molecular weight excluding hydrogens is 366 g/mol. The molecule has 2 aromatic carbocycles. The third kappa shape index (κ3) is 3.48. The summed E-state index contributed by atoms with van der Waals surface area (Å²) in [7, 11) is 0. The lowest BCUT2D eigenvalue weighted by Crippen LogP contribution is -2.34. The van der Waals surface area contributed by atoms with Gasteiger partial charge in [-0.25, -0.2) is 4.39 Å². The first kappa shape index (κ1) is 17.3. The monoisotopic (exact) mass is 375 g/mol. The molecule has 0 saturated carbocycles. The van der Waals surface area contributed by atoms with Gasteiger partial charge in [-0.2, -0.15) is 13.2 Å². The molecule has 1 aliphatic heterocycles. The lowest BCUT2D eigenvalue weighted by Gasteiger charge is -2.23. The van der Waals surface area contributed by atoms with Crippen molar-refractivity contribution in [3.05, 3.63) is 46.7 Å². The van der Waals surface area contributed by atoms with Gasteiger partial charge in [-0.15, -0.1) is 0 Å². The summed E-state index contributed by atoms with van der Waals surface area (Å²) in [5.41, 5.74) is -0.818. The van der Waals surface area contributed by atoms with Crippen LogP contribution in [-0.4, -0.2) is 12.0 Å². The maximum absolute atomic E-state index is 14.0. The van der Waals surface area contributed by atoms with Crippen LogP contribution in [0.4, 0.5) is 23.2 Å². The summed E-state index contributed by atoms with van der Waals surface area (Å²) >= 11 is 5.72. The number of rotatable bonds is 2. The van der Waals surface area contributed by atoms with Crippen LogP contribution in [0.5, 0.6) is 17.2 Å². The Kier molecular flexibility index (Phi) is 4.24. The topological polar surface area (TPSA) is 47.6 Å². The van der Waals surface area contributed by atoms with E-state index in [1.165, 1.54) is 25.1 Å². The van der Waals surface area contributed by atoms with Crippen molar-refractivity contribution in [2.75, 3.05) is 5.32 Å². The van der Waals surface area contributed by atoms with E-state index in [4.69, 9.17) is 21.1 Å². The highest BCUT2D eigenvalue weighted by Crippen LogP contribution is 2.40. The van der Waals surface area contributed by atoms with Crippen LogP contribution in [-0.2, 0) is 11.0 Å². The zero-order chi connectivity index (χ0) is 18.4. The summed E-state index contributed by atoms with van der Waals surface area (Å²) in [6.45, 7) is 1.54. The summed E-state index contributed by atoms with van der Waals surface area (Å²) in [6, 6.07) is 5.12. The molecule has 1 aliphatic rings. The number of halogens is 5. The summed E-state index contributed by atoms with van der Waals surface area (Å²) in [6.07, 6.45) is -5.45. The van der Waals surface area contributed by atoms with Gasteiger partial charge in [0.15, 0.2) is 17.7 Å². The maximum atomic E-state index is 14.0. The Balaban J connectivity index is 1.91. The molecule has 25 heavy (non-hydrogen) atoms. The van der Waals surface area contributed by atoms with Gasteiger partial charge in [-0.05, 0) is 31.2 Å². The Bertz CT molecular complexity index is 831. The standard InChI is InChI=1S/C16H10ClF4NO3/c1-7-15(23)22-12-3-2-9(6-13(12)24-7)25-14-10(17)4-8(5-11(14)18)16(19,20)21/h2-7H,1H3,(H,22,23). The van der Waals surface area contributed by atoms with Crippen molar-refractivity contribution in [3.63, 3.8) is 0 Å². The zero-order valence-electron chi connectivity index (χ0n) is 12.6. The van der Waals surface area contributed by atoms with Crippen molar-refractivity contribution in [2.45, 2.75) is 19.2 Å². The Morgan fingerprint density at radius 1 is 1.24 bits per heavy atom. The van der Waals surface area contributed by atoms with Gasteiger partial charge in [-0.1, -0.05) is 11.6 Å². The van der Waals surface area contributed by atoms with Gasteiger partial charge < -0.3 is 14.8 Å². The van der Waals surface area contributed by atoms with Gasteiger partial charge in [0.05, 0.1) is 16.3 Å². The fourth-order valence-electron chi connectivity index (χ4n) is 2.18. The number of amides is 1. The van der Waals surface area contributed by atoms with Crippen molar-refractivity contribution in [1.82, 2.24) is 0 Å². The molecule has 1 amide bonds. The number of nitrogens with one attached hydrogen (secondary N) is 1. The normalized spacial score (nSPS) is 16.7. The van der Waals surface area contributed by atoms with Gasteiger partial charge in [-0.3, -0.25) is 4.79 Å². The molecule has 3 rings (SSSR count). The highest BCUT2D eigenvalue weighted by Gasteiger charge is 2.33. The summed E-state index contributed by atoms with van der Waals surface area (Å²) in [5.74, 6) is -1.74. The SMILES string of the molecule is CC1Oc2cc(Oc3c(F)cc(C(F)(F)F)cc3Cl)ccc2NC1=O. The van der Waals surface area contributed by atoms with Crippen LogP contribution in [0.2, 0.25) is 5.02 Å². The number of ether oxygens (including phenoxy) is 2. The molecule has 9 heteroatoms. The molecule has 0 aliphatic carbocycles. The van der Waals surface area contributed by atoms with Gasteiger partial charge in [0.1, 0.15) is 11.5 Å². The van der Waals surface area contributed by atoms with E-state index in [1.54, 1.807) is 0 Å². The minimum atomic E-state index is -4.73. The molecule has 1 unspecified atom stereocenters. The lowest BCUT2D eigenvalue weighted by molar-refractivity contribution is -0.137. The Hall–Kier alpha value is -2.48. The summed E-state index contributed by atoms with van der Waals surface area (Å²) in [5, 5.41) is 2.08. The molecule has 1 N–H and O–H groups in total. The van der Waals surface area contributed by atoms with E-state index < -0.39 is 34.4 Å². The van der Waals surface area contributed by atoms with E-state index in [2.05, 4.69) is 5.32 Å². The molecule has 2 aromatic rings. The molecule has 132 valence electrons. The highest BCUT2D eigenvalue weighted by molar-refractivity contribution is 6.32. The van der Waals surface area contributed by atoms with Crippen LogP contribution >= 0.6 is 11.6 Å². The second-order valence-electron chi connectivity index (χ2n) is 5.28. The van der Waals surface area contributed by atoms with Gasteiger partial charge in [0, 0.05) is 6.07 Å². The Labute approximate surface area is 144 Å². The molecule has 0 radical (unpaired) electrons. The summed E-state index contributed by atoms with van der Waals surface area (Å²) in [4.78, 5) is 11.5. The second-order valence-corrected chi connectivity index (χ2v) is 5.68. The number of alkyl halides is 3. The van der Waals surface area contributed by atoms with E-state index in [-0.39, 0.29) is 17.4 Å². The Morgan fingerprint density at radius 2 is 1.96 bits per heavy atom. The fourth-order valence-corrected chi connectivity index (χ4v) is 2.43. The number of fused-ring (bicyclic) bond motifs is 1. The third-order valence-corrected chi connectivity index (χ3v) is 3.71. The van der Waals surface area contributed by atoms with E-state index in [0.717, 1.165) is 0 Å². The quantitative estimate of drug-likeness (QED) is 0.751. The lowest BCUT2D eigenvalue weighted by atomic mass is 10.2. The second kappa shape index (κ2) is 6.11. The number of carbonyl (C=O) groups excluding carboxylic acids is 1. The van der Waals surface area contributed by atoms with Gasteiger partial charge >= 0.3 is 6.18 Å². The summed E-state index contributed by atoms with van der Waals surface area (Å²) < 4.78 is 62.6. The molecule has 0 aromatic heterocycles. The molecular formula is C16H10ClF4NO3. The van der Waals surface area contributed by atoms with Crippen molar-refractivity contribution < 1.29 is 31.8 Å². The van der Waals surface area contributed by atoms with Crippen LogP contribution in [0, 0.1) is 5.82 Å². The number of carbonyl (C=O) groups is 1. The third-order valence-electron chi connectivity index (χ3n) is 3.43. The average molecular weight is 376 g/mol. The molecule has 0 spiro atoms. The van der Waals surface area contributed by atoms with Crippen molar-refractivity contribution in [1.29, 1.82) is 0 Å². The van der Waals surface area contributed by atoms with Gasteiger partial charge in [0.25, 0.3) is 5.91 Å². The smallest absolute Gasteiger partial charge is 0.416 e. The predicted octanol–water partition coefficient (Wildman–Crippen LogP) is 5.01. The fraction of sp³-hybridized carbons (Fsp3) is 0.188. The van der Waals surface area contributed by atoms with Crippen molar-refractivity contribution in [2.24, 2.45) is 0 Å². The van der Waals surface area contributed by atoms with E-state index >= 15 is 0 Å². The first-order valence-electron chi connectivity index (χ1n) is 7.01. The predicted molar refractivity (Wildman–Crippen MR) is 81.6 cm³/mol. The van der Waals surface area contributed by atoms with Crippen LogP contribution in [0.1, 0.15) is 12.5 Å². The van der Waals surface area contributed by atoms with E-state index in [1.807, 2.05) is 0 Å². The first-order chi connectivity index (χ1) is 11.6. The average Bonchev–Trinajstić information content (AvgIpc) is 2.51. The molecule has 0 bridgehead atoms. The molecule has 0 saturated heterocycles. The van der Waals surface area contributed by atoms with E-state index in [0.29, 0.717) is 17.8 Å². The largest absolute Gasteiger partial charge is 0.479 e. The van der Waals surface area contributed by atoms with Crippen LogP contribution in [0.25, 0.3) is 0 Å². The number of hydrogen-bond donors (Lipinski definition) is 1. The minimum absolute atomic E-state index is 0.0858. The minimum Gasteiger partial charge on any atom is -0.479 e. The van der Waals surface area contributed by atoms with Crippen molar-refractivity contribution >= 4 is 23.2 Å². The van der Waals surface area contributed by atoms with Gasteiger partial charge in [0.2, 0.25) is 0 Å². The molecule has 0 fully saturated rings. The maximum Gasteiger partial charge on any atom is 0.416 e. The molecule has 4 nitrogen and oxygen atoms in total. The van der Waals surface area contributed by atoms with Crippen LogP contribution in [0.3, 0.4) is 0 Å². The highest BCUT2D eigenvalue weighted by atomic mass is 35.5. The first-order valence-corrected chi connectivity index (χ1v) is 7.38. The van der Waals surface area contributed by atoms with Crippen LogP contribution in [0.15, 0.2) is 30.3 Å². The zero-order valence-corrected chi connectivity index (χ0v) is 13.3. The molecule has 1 heterocycles. The van der Waals surface area contributed by atoms with Crippen LogP contribution < -0.4 is 14.8 Å². The van der Waals surface area contributed by atoms with Crippen molar-refractivity contribution in [3.8, 4) is 17.2 Å². The van der Waals surface area contributed by atoms with E-state index in [9.17, 15) is 22.4 Å². The number of benzene rings is 2. The molecule has 1 atom stereocenters.